The Labute approximate surface area is 231 Å². The van der Waals surface area contributed by atoms with E-state index in [-0.39, 0.29) is 22.6 Å². The number of fused-ring (bicyclic) bond motifs is 1. The predicted molar refractivity (Wildman–Crippen MR) is 141 cm³/mol. The number of nitrogens with zero attached hydrogens (tertiary/aromatic N) is 6. The molecule has 14 heteroatoms. The van der Waals surface area contributed by atoms with Crippen LogP contribution in [0.3, 0.4) is 0 Å². The summed E-state index contributed by atoms with van der Waals surface area (Å²) in [5, 5.41) is 12.2. The van der Waals surface area contributed by atoms with Crippen molar-refractivity contribution in [3.63, 3.8) is 0 Å². The standard InChI is InChI=1S/C26H25F2N7O4S/c27-26(28)39-22-3-2-17(40-18-13-38-14-18)6-19(22)23-21(10-35(32-23)15-8-33(9-15)16-11-37-12-16)31-25(36)20-7-30-34-5-1-4-29-24(20)34/h1-7,10,15-16,18,26H,8-9,11-14H2,(H,31,36). The Bertz CT molecular complexity index is 1550. The number of thioether (sulfide) groups is 1. The highest BCUT2D eigenvalue weighted by Crippen LogP contribution is 2.40. The molecular weight excluding hydrogens is 544 g/mol. The van der Waals surface area contributed by atoms with Crippen molar-refractivity contribution in [1.82, 2.24) is 29.3 Å². The molecular formula is C26H25F2N7O4S. The number of carbonyl (C=O) groups excluding carboxylic acids is 1. The first-order chi connectivity index (χ1) is 19.5. The maximum absolute atomic E-state index is 13.4. The van der Waals surface area contributed by atoms with Gasteiger partial charge in [-0.05, 0) is 24.3 Å². The Morgan fingerprint density at radius 2 is 1.98 bits per heavy atom. The van der Waals surface area contributed by atoms with Crippen molar-refractivity contribution >= 4 is 29.0 Å². The van der Waals surface area contributed by atoms with Crippen LogP contribution in [-0.4, -0.2) is 92.6 Å². The first-order valence-corrected chi connectivity index (χ1v) is 13.7. The lowest BCUT2D eigenvalue weighted by molar-refractivity contribution is -0.0997. The molecule has 208 valence electrons. The quantitative estimate of drug-likeness (QED) is 0.325. The zero-order chi connectivity index (χ0) is 27.2. The van der Waals surface area contributed by atoms with E-state index >= 15 is 0 Å². The van der Waals surface area contributed by atoms with Crippen LogP contribution in [-0.2, 0) is 9.47 Å². The highest BCUT2D eigenvalue weighted by atomic mass is 32.2. The molecule has 7 rings (SSSR count). The molecule has 1 N–H and O–H groups in total. The number of ether oxygens (including phenoxy) is 3. The van der Waals surface area contributed by atoms with Gasteiger partial charge in [0.15, 0.2) is 5.65 Å². The smallest absolute Gasteiger partial charge is 0.387 e. The molecule has 40 heavy (non-hydrogen) atoms. The molecule has 0 atom stereocenters. The average molecular weight is 570 g/mol. The highest BCUT2D eigenvalue weighted by molar-refractivity contribution is 8.00. The van der Waals surface area contributed by atoms with Gasteiger partial charge in [0.1, 0.15) is 17.0 Å². The molecule has 4 aromatic rings. The van der Waals surface area contributed by atoms with Crippen LogP contribution in [0.25, 0.3) is 16.9 Å². The third-order valence-corrected chi connectivity index (χ3v) is 8.37. The van der Waals surface area contributed by atoms with Crippen LogP contribution < -0.4 is 10.1 Å². The van der Waals surface area contributed by atoms with Crippen LogP contribution >= 0.6 is 11.8 Å². The summed E-state index contributed by atoms with van der Waals surface area (Å²) in [5.74, 6) is -0.464. The topological polar surface area (TPSA) is 108 Å². The van der Waals surface area contributed by atoms with Gasteiger partial charge in [0.05, 0.1) is 55.6 Å². The van der Waals surface area contributed by atoms with Crippen molar-refractivity contribution in [3.05, 3.63) is 54.6 Å². The van der Waals surface area contributed by atoms with Gasteiger partial charge in [0, 0.05) is 42.1 Å². The summed E-state index contributed by atoms with van der Waals surface area (Å²) in [6.45, 7) is 1.23. The minimum absolute atomic E-state index is 0.0236. The third kappa shape index (κ3) is 4.80. The van der Waals surface area contributed by atoms with Gasteiger partial charge in [-0.2, -0.15) is 19.0 Å². The number of alkyl halides is 2. The third-order valence-electron chi connectivity index (χ3n) is 7.24. The van der Waals surface area contributed by atoms with Crippen LogP contribution in [0.2, 0.25) is 0 Å². The van der Waals surface area contributed by atoms with Crippen LogP contribution in [0.5, 0.6) is 5.75 Å². The Hall–Kier alpha value is -3.59. The van der Waals surface area contributed by atoms with Crippen molar-refractivity contribution in [3.8, 4) is 17.0 Å². The average Bonchev–Trinajstić information content (AvgIpc) is 3.47. The Kier molecular flexibility index (Phi) is 6.62. The molecule has 0 radical (unpaired) electrons. The first-order valence-electron chi connectivity index (χ1n) is 12.9. The number of rotatable bonds is 9. The van der Waals surface area contributed by atoms with Gasteiger partial charge >= 0.3 is 6.61 Å². The maximum atomic E-state index is 13.4. The van der Waals surface area contributed by atoms with Crippen LogP contribution in [0, 0.1) is 0 Å². The van der Waals surface area contributed by atoms with Gasteiger partial charge in [-0.15, -0.1) is 11.8 Å². The van der Waals surface area contributed by atoms with Crippen LogP contribution in [0.15, 0.2) is 53.9 Å². The molecule has 0 saturated carbocycles. The molecule has 3 fully saturated rings. The number of benzene rings is 1. The van der Waals surface area contributed by atoms with Crippen LogP contribution in [0.1, 0.15) is 16.4 Å². The number of likely N-dealkylation sites (tertiary alicyclic amines) is 1. The highest BCUT2D eigenvalue weighted by Gasteiger charge is 2.38. The summed E-state index contributed by atoms with van der Waals surface area (Å²) < 4.78 is 45.6. The summed E-state index contributed by atoms with van der Waals surface area (Å²) in [6, 6.07) is 7.22. The number of nitrogens with one attached hydrogen (secondary N) is 1. The molecule has 1 amide bonds. The molecule has 1 aromatic carbocycles. The van der Waals surface area contributed by atoms with Gasteiger partial charge in [0.25, 0.3) is 5.91 Å². The van der Waals surface area contributed by atoms with Gasteiger partial charge in [-0.3, -0.25) is 14.4 Å². The van der Waals surface area contributed by atoms with Crippen molar-refractivity contribution in [1.29, 1.82) is 0 Å². The molecule has 3 aliphatic heterocycles. The monoisotopic (exact) mass is 569 g/mol. The fourth-order valence-electron chi connectivity index (χ4n) is 4.87. The number of amides is 1. The number of aromatic nitrogens is 5. The summed E-state index contributed by atoms with van der Waals surface area (Å²) in [4.78, 5) is 20.9. The SMILES string of the molecule is O=C(Nc1cn(C2CN(C3COC3)C2)nc1-c1cc(SC2COC2)ccc1OC(F)F)c1cnn2cccnc12. The zero-order valence-electron chi connectivity index (χ0n) is 21.2. The Balaban J connectivity index is 1.25. The predicted octanol–water partition coefficient (Wildman–Crippen LogP) is 3.19. The Morgan fingerprint density at radius 3 is 2.70 bits per heavy atom. The normalized spacial score (nSPS) is 18.5. The van der Waals surface area contributed by atoms with E-state index in [4.69, 9.17) is 19.3 Å². The van der Waals surface area contributed by atoms with Crippen molar-refractivity contribution in [2.24, 2.45) is 0 Å². The fraction of sp³-hybridized carbons (Fsp3) is 0.385. The summed E-state index contributed by atoms with van der Waals surface area (Å²) in [5.41, 5.74) is 1.75. The number of anilines is 1. The summed E-state index contributed by atoms with van der Waals surface area (Å²) in [7, 11) is 0. The number of hydrogen-bond donors (Lipinski definition) is 1. The maximum Gasteiger partial charge on any atom is 0.387 e. The Morgan fingerprint density at radius 1 is 1.15 bits per heavy atom. The molecule has 0 aliphatic carbocycles. The van der Waals surface area contributed by atoms with Crippen molar-refractivity contribution < 1.29 is 27.8 Å². The summed E-state index contributed by atoms with van der Waals surface area (Å²) in [6.07, 6.45) is 6.46. The van der Waals surface area contributed by atoms with E-state index in [0.717, 1.165) is 31.2 Å². The molecule has 0 unspecified atom stereocenters. The molecule has 0 bridgehead atoms. The van der Waals surface area contributed by atoms with Crippen molar-refractivity contribution in [2.75, 3.05) is 44.8 Å². The van der Waals surface area contributed by atoms with E-state index in [0.29, 0.717) is 41.8 Å². The van der Waals surface area contributed by atoms with E-state index in [2.05, 4.69) is 20.3 Å². The molecule has 6 heterocycles. The van der Waals surface area contributed by atoms with Gasteiger partial charge < -0.3 is 19.5 Å². The molecule has 3 saturated heterocycles. The van der Waals surface area contributed by atoms with Crippen molar-refractivity contribution in [2.45, 2.75) is 28.8 Å². The number of hydrogen-bond acceptors (Lipinski definition) is 9. The molecule has 3 aromatic heterocycles. The molecule has 0 spiro atoms. The van der Waals surface area contributed by atoms with Gasteiger partial charge in [-0.1, -0.05) is 0 Å². The second kappa shape index (κ2) is 10.4. The second-order valence-electron chi connectivity index (χ2n) is 9.88. The van der Waals surface area contributed by atoms with E-state index in [1.807, 2.05) is 0 Å². The van der Waals surface area contributed by atoms with E-state index in [1.54, 1.807) is 53.2 Å². The number of carbonyl (C=O) groups is 1. The van der Waals surface area contributed by atoms with Gasteiger partial charge in [0.2, 0.25) is 0 Å². The summed E-state index contributed by atoms with van der Waals surface area (Å²) >= 11 is 1.60. The largest absolute Gasteiger partial charge is 0.434 e. The second-order valence-corrected chi connectivity index (χ2v) is 11.3. The van der Waals surface area contributed by atoms with Crippen LogP contribution in [0.4, 0.5) is 14.5 Å². The van der Waals surface area contributed by atoms with E-state index < -0.39 is 12.5 Å². The minimum atomic E-state index is -3.02. The fourth-order valence-corrected chi connectivity index (χ4v) is 5.92. The molecule has 3 aliphatic rings. The lowest BCUT2D eigenvalue weighted by Crippen LogP contribution is -2.59. The van der Waals surface area contributed by atoms with Gasteiger partial charge in [-0.25, -0.2) is 9.50 Å². The number of halogens is 2. The minimum Gasteiger partial charge on any atom is -0.434 e. The van der Waals surface area contributed by atoms with E-state index in [1.165, 1.54) is 16.8 Å². The lowest BCUT2D eigenvalue weighted by atomic mass is 10.0. The first kappa shape index (κ1) is 25.4. The van der Waals surface area contributed by atoms with E-state index in [9.17, 15) is 13.6 Å². The lowest BCUT2D eigenvalue weighted by Gasteiger charge is -2.47. The zero-order valence-corrected chi connectivity index (χ0v) is 22.0. The molecule has 11 nitrogen and oxygen atoms in total.